The van der Waals surface area contributed by atoms with Crippen molar-refractivity contribution in [3.8, 4) is 0 Å². The highest BCUT2D eigenvalue weighted by molar-refractivity contribution is 5.69. The lowest BCUT2D eigenvalue weighted by atomic mass is 9.87. The second-order valence-corrected chi connectivity index (χ2v) is 7.81. The molecule has 19 heavy (non-hydrogen) atoms. The van der Waals surface area contributed by atoms with E-state index in [4.69, 9.17) is 10.5 Å². The van der Waals surface area contributed by atoms with Crippen LogP contribution < -0.4 is 11.1 Å². The molecule has 0 bridgehead atoms. The Morgan fingerprint density at radius 2 is 1.74 bits per heavy atom. The molecule has 2 aliphatic rings. The number of carbonyl (C=O) groups is 1. The van der Waals surface area contributed by atoms with Crippen molar-refractivity contribution >= 4 is 6.09 Å². The lowest BCUT2D eigenvalue weighted by Crippen LogP contribution is -2.51. The molecule has 0 heterocycles. The summed E-state index contributed by atoms with van der Waals surface area (Å²) in [5, 5.41) is 3.16. The first kappa shape index (κ1) is 14.6. The Bertz CT molecular complexity index is 365. The number of hydrogen-bond acceptors (Lipinski definition) is 3. The van der Waals surface area contributed by atoms with Crippen LogP contribution in [0.5, 0.6) is 0 Å². The van der Waals surface area contributed by atoms with Gasteiger partial charge >= 0.3 is 6.09 Å². The van der Waals surface area contributed by atoms with Crippen LogP contribution in [0.3, 0.4) is 0 Å². The second kappa shape index (κ2) is 4.37. The van der Waals surface area contributed by atoms with E-state index in [1.807, 2.05) is 20.8 Å². The maximum atomic E-state index is 12.1. The minimum Gasteiger partial charge on any atom is -0.444 e. The Labute approximate surface area is 116 Å². The quantitative estimate of drug-likeness (QED) is 0.809. The first-order chi connectivity index (χ1) is 8.58. The molecule has 4 nitrogen and oxygen atoms in total. The Hall–Kier alpha value is -0.770. The first-order valence-electron chi connectivity index (χ1n) is 7.35. The summed E-state index contributed by atoms with van der Waals surface area (Å²) in [6.45, 7) is 10.1. The summed E-state index contributed by atoms with van der Waals surface area (Å²) in [6, 6.07) is 0.181. The van der Waals surface area contributed by atoms with Gasteiger partial charge in [0.25, 0.3) is 0 Å². The predicted molar refractivity (Wildman–Crippen MR) is 75.8 cm³/mol. The number of nitrogens with one attached hydrogen (secondary N) is 1. The highest BCUT2D eigenvalue weighted by Crippen LogP contribution is 2.60. The van der Waals surface area contributed by atoms with Gasteiger partial charge in [-0.3, -0.25) is 0 Å². The third-order valence-electron chi connectivity index (χ3n) is 4.75. The van der Waals surface area contributed by atoms with Crippen molar-refractivity contribution in [1.82, 2.24) is 5.32 Å². The highest BCUT2D eigenvalue weighted by Gasteiger charge is 2.65. The number of nitrogens with two attached hydrogens (primary N) is 1. The summed E-state index contributed by atoms with van der Waals surface area (Å²) < 4.78 is 5.42. The van der Waals surface area contributed by atoms with E-state index in [-0.39, 0.29) is 23.1 Å². The van der Waals surface area contributed by atoms with Crippen LogP contribution in [0.4, 0.5) is 4.79 Å². The van der Waals surface area contributed by atoms with Gasteiger partial charge < -0.3 is 15.8 Å². The lowest BCUT2D eigenvalue weighted by Gasteiger charge is -2.33. The minimum absolute atomic E-state index is 0.124. The zero-order valence-corrected chi connectivity index (χ0v) is 12.9. The molecular formula is C15H28N2O2. The minimum atomic E-state index is -0.453. The van der Waals surface area contributed by atoms with E-state index in [1.165, 1.54) is 0 Å². The Balaban J connectivity index is 2.08. The molecule has 2 rings (SSSR count). The molecule has 1 amide bonds. The normalized spacial score (nSPS) is 31.9. The van der Waals surface area contributed by atoms with Gasteiger partial charge in [0.15, 0.2) is 0 Å². The summed E-state index contributed by atoms with van der Waals surface area (Å²) in [5.41, 5.74) is 5.74. The van der Waals surface area contributed by atoms with Crippen LogP contribution in [0.25, 0.3) is 0 Å². The fourth-order valence-corrected chi connectivity index (χ4v) is 3.76. The smallest absolute Gasteiger partial charge is 0.408 e. The van der Waals surface area contributed by atoms with E-state index >= 15 is 0 Å². The Morgan fingerprint density at radius 3 is 2.11 bits per heavy atom. The van der Waals surface area contributed by atoms with Crippen molar-refractivity contribution in [2.45, 2.75) is 77.5 Å². The molecule has 3 N–H and O–H groups in total. The summed E-state index contributed by atoms with van der Waals surface area (Å²) in [7, 11) is 0. The van der Waals surface area contributed by atoms with E-state index in [9.17, 15) is 4.79 Å². The third-order valence-corrected chi connectivity index (χ3v) is 4.75. The van der Waals surface area contributed by atoms with Crippen LogP contribution in [0.2, 0.25) is 0 Å². The summed E-state index contributed by atoms with van der Waals surface area (Å²) >= 11 is 0. The van der Waals surface area contributed by atoms with Crippen LogP contribution in [-0.2, 0) is 4.74 Å². The van der Waals surface area contributed by atoms with Gasteiger partial charge in [-0.1, -0.05) is 26.7 Å². The average molecular weight is 268 g/mol. The van der Waals surface area contributed by atoms with E-state index in [0.29, 0.717) is 5.92 Å². The number of carbonyl (C=O) groups excluding carboxylic acids is 1. The van der Waals surface area contributed by atoms with Crippen molar-refractivity contribution < 1.29 is 9.53 Å². The zero-order chi connectivity index (χ0) is 14.5. The van der Waals surface area contributed by atoms with Gasteiger partial charge in [-0.05, 0) is 39.0 Å². The summed E-state index contributed by atoms with van der Waals surface area (Å²) in [5.74, 6) is 0.370. The fraction of sp³-hybridized carbons (Fsp3) is 0.933. The molecule has 2 saturated carbocycles. The molecular weight excluding hydrogens is 240 g/mol. The SMILES string of the molecule is CC(C)(C)OC(=O)NC1([C@H]2[C@H](N)C2(C)C)CCCC1. The Morgan fingerprint density at radius 1 is 1.26 bits per heavy atom. The molecule has 0 unspecified atom stereocenters. The second-order valence-electron chi connectivity index (χ2n) is 7.81. The van der Waals surface area contributed by atoms with Gasteiger partial charge in [0.1, 0.15) is 5.60 Å². The van der Waals surface area contributed by atoms with Gasteiger partial charge in [0.2, 0.25) is 0 Å². The molecule has 2 fully saturated rings. The maximum Gasteiger partial charge on any atom is 0.408 e. The van der Waals surface area contributed by atoms with Crippen LogP contribution in [0.1, 0.15) is 60.3 Å². The van der Waals surface area contributed by atoms with E-state index in [2.05, 4.69) is 19.2 Å². The summed E-state index contributed by atoms with van der Waals surface area (Å²) in [4.78, 5) is 12.1. The van der Waals surface area contributed by atoms with Crippen LogP contribution in [0.15, 0.2) is 0 Å². The van der Waals surface area contributed by atoms with Crippen molar-refractivity contribution in [1.29, 1.82) is 0 Å². The molecule has 0 aromatic heterocycles. The number of alkyl carbamates (subject to hydrolysis) is 1. The molecule has 0 aliphatic heterocycles. The summed E-state index contributed by atoms with van der Waals surface area (Å²) in [6.07, 6.45) is 4.07. The molecule has 0 aromatic rings. The lowest BCUT2D eigenvalue weighted by molar-refractivity contribution is 0.0432. The largest absolute Gasteiger partial charge is 0.444 e. The van der Waals surface area contributed by atoms with E-state index < -0.39 is 5.60 Å². The topological polar surface area (TPSA) is 64.3 Å². The molecule has 4 heteroatoms. The van der Waals surface area contributed by atoms with Crippen LogP contribution in [0, 0.1) is 11.3 Å². The molecule has 0 spiro atoms. The molecule has 0 radical (unpaired) electrons. The first-order valence-corrected chi connectivity index (χ1v) is 7.35. The predicted octanol–water partition coefficient (Wildman–Crippen LogP) is 2.81. The maximum absolute atomic E-state index is 12.1. The standard InChI is InChI=1S/C15H28N2O2/c1-13(2,3)19-12(18)17-15(8-6-7-9-15)10-11(16)14(10,4)5/h10-11H,6-9,16H2,1-5H3,(H,17,18)/t10-,11-/m0/s1. The van der Waals surface area contributed by atoms with Gasteiger partial charge in [0, 0.05) is 17.5 Å². The van der Waals surface area contributed by atoms with E-state index in [0.717, 1.165) is 25.7 Å². The number of amides is 1. The van der Waals surface area contributed by atoms with Gasteiger partial charge in [0.05, 0.1) is 0 Å². The molecule has 110 valence electrons. The molecule has 2 atom stereocenters. The monoisotopic (exact) mass is 268 g/mol. The molecule has 0 saturated heterocycles. The van der Waals surface area contributed by atoms with Crippen molar-refractivity contribution in [3.05, 3.63) is 0 Å². The van der Waals surface area contributed by atoms with Crippen molar-refractivity contribution in [3.63, 3.8) is 0 Å². The third kappa shape index (κ3) is 2.73. The number of hydrogen-bond donors (Lipinski definition) is 2. The zero-order valence-electron chi connectivity index (χ0n) is 12.9. The van der Waals surface area contributed by atoms with Gasteiger partial charge in [-0.2, -0.15) is 0 Å². The molecule has 0 aromatic carbocycles. The Kier molecular flexibility index (Phi) is 3.37. The number of ether oxygens (including phenoxy) is 1. The van der Waals surface area contributed by atoms with E-state index in [1.54, 1.807) is 0 Å². The van der Waals surface area contributed by atoms with Crippen LogP contribution in [-0.4, -0.2) is 23.3 Å². The highest BCUT2D eigenvalue weighted by atomic mass is 16.6. The van der Waals surface area contributed by atoms with Crippen LogP contribution >= 0.6 is 0 Å². The number of rotatable bonds is 2. The van der Waals surface area contributed by atoms with Gasteiger partial charge in [-0.25, -0.2) is 4.79 Å². The molecule has 2 aliphatic carbocycles. The average Bonchev–Trinajstić information content (AvgIpc) is 2.59. The van der Waals surface area contributed by atoms with Crippen molar-refractivity contribution in [2.24, 2.45) is 17.1 Å². The van der Waals surface area contributed by atoms with Gasteiger partial charge in [-0.15, -0.1) is 0 Å². The fourth-order valence-electron chi connectivity index (χ4n) is 3.76. The van der Waals surface area contributed by atoms with Crippen molar-refractivity contribution in [2.75, 3.05) is 0 Å².